The van der Waals surface area contributed by atoms with Gasteiger partial charge < -0.3 is 15.2 Å². The van der Waals surface area contributed by atoms with Crippen LogP contribution in [0.5, 0.6) is 11.5 Å². The maximum atomic E-state index is 12.2. The first kappa shape index (κ1) is 16.8. The molecule has 122 valence electrons. The zero-order chi connectivity index (χ0) is 17.0. The van der Waals surface area contributed by atoms with E-state index in [2.05, 4.69) is 5.32 Å². The monoisotopic (exact) mass is 336 g/mol. The van der Waals surface area contributed by atoms with E-state index in [1.807, 2.05) is 0 Å². The highest BCUT2D eigenvalue weighted by atomic mass is 32.2. The largest absolute Gasteiger partial charge is 0.507 e. The fourth-order valence-electron chi connectivity index (χ4n) is 1.99. The van der Waals surface area contributed by atoms with Gasteiger partial charge in [0.05, 0.1) is 12.0 Å². The van der Waals surface area contributed by atoms with Gasteiger partial charge in [-0.25, -0.2) is 13.6 Å². The molecular weight excluding hydrogens is 320 g/mol. The van der Waals surface area contributed by atoms with Gasteiger partial charge in [-0.1, -0.05) is 18.2 Å². The number of ether oxygens (including phenoxy) is 1. The highest BCUT2D eigenvalue weighted by Crippen LogP contribution is 2.27. The van der Waals surface area contributed by atoms with Crippen LogP contribution >= 0.6 is 0 Å². The molecule has 0 radical (unpaired) electrons. The maximum Gasteiger partial charge on any atom is 0.259 e. The Balaban J connectivity index is 2.11. The lowest BCUT2D eigenvalue weighted by molar-refractivity contribution is 0.0945. The number of carbonyl (C=O) groups excluding carboxylic acids is 1. The van der Waals surface area contributed by atoms with Crippen molar-refractivity contribution in [2.75, 3.05) is 7.11 Å². The van der Waals surface area contributed by atoms with Gasteiger partial charge in [0.2, 0.25) is 10.0 Å². The zero-order valence-electron chi connectivity index (χ0n) is 12.3. The second-order valence-electron chi connectivity index (χ2n) is 4.73. The van der Waals surface area contributed by atoms with Crippen molar-refractivity contribution in [2.24, 2.45) is 5.14 Å². The molecule has 0 aromatic heterocycles. The lowest BCUT2D eigenvalue weighted by Crippen LogP contribution is -2.23. The Morgan fingerprint density at radius 1 is 1.22 bits per heavy atom. The first-order valence-corrected chi connectivity index (χ1v) is 8.13. The van der Waals surface area contributed by atoms with Crippen molar-refractivity contribution < 1.29 is 23.1 Å². The van der Waals surface area contributed by atoms with E-state index in [1.54, 1.807) is 24.3 Å². The number of benzene rings is 2. The van der Waals surface area contributed by atoms with Gasteiger partial charge in [0.1, 0.15) is 17.1 Å². The van der Waals surface area contributed by atoms with Crippen LogP contribution in [0.4, 0.5) is 0 Å². The number of hydrogen-bond donors (Lipinski definition) is 3. The molecule has 0 atom stereocenters. The average Bonchev–Trinajstić information content (AvgIpc) is 2.51. The van der Waals surface area contributed by atoms with E-state index < -0.39 is 15.9 Å². The summed E-state index contributed by atoms with van der Waals surface area (Å²) in [6, 6.07) is 10.3. The van der Waals surface area contributed by atoms with Crippen LogP contribution < -0.4 is 15.2 Å². The van der Waals surface area contributed by atoms with Gasteiger partial charge in [-0.2, -0.15) is 0 Å². The number of rotatable bonds is 5. The van der Waals surface area contributed by atoms with Crippen molar-refractivity contribution in [1.29, 1.82) is 0 Å². The average molecular weight is 336 g/mol. The molecule has 8 heteroatoms. The third-order valence-corrected chi connectivity index (χ3v) is 4.09. The molecule has 2 rings (SSSR count). The summed E-state index contributed by atoms with van der Waals surface area (Å²) >= 11 is 0. The Morgan fingerprint density at radius 3 is 2.43 bits per heavy atom. The number of sulfonamides is 1. The number of methoxy groups -OCH3 is 1. The Hall–Kier alpha value is -2.58. The van der Waals surface area contributed by atoms with Crippen LogP contribution in [0.25, 0.3) is 0 Å². The predicted molar refractivity (Wildman–Crippen MR) is 83.6 cm³/mol. The molecule has 0 fully saturated rings. The molecule has 0 unspecified atom stereocenters. The predicted octanol–water partition coefficient (Wildman–Crippen LogP) is 0.978. The van der Waals surface area contributed by atoms with Gasteiger partial charge in [-0.05, 0) is 29.8 Å². The fraction of sp³-hybridized carbons (Fsp3) is 0.133. The van der Waals surface area contributed by atoms with Crippen LogP contribution in [0.3, 0.4) is 0 Å². The molecule has 0 spiro atoms. The normalized spacial score (nSPS) is 11.0. The van der Waals surface area contributed by atoms with E-state index in [0.717, 1.165) is 0 Å². The van der Waals surface area contributed by atoms with E-state index in [4.69, 9.17) is 9.88 Å². The molecule has 2 aromatic rings. The van der Waals surface area contributed by atoms with Crippen LogP contribution in [0.1, 0.15) is 15.9 Å². The van der Waals surface area contributed by atoms with Gasteiger partial charge in [0.15, 0.2) is 0 Å². The van der Waals surface area contributed by atoms with E-state index >= 15 is 0 Å². The van der Waals surface area contributed by atoms with E-state index in [-0.39, 0.29) is 28.5 Å². The van der Waals surface area contributed by atoms with E-state index in [1.165, 1.54) is 25.3 Å². The number of hydrogen-bond acceptors (Lipinski definition) is 5. The minimum atomic E-state index is -3.75. The van der Waals surface area contributed by atoms with Crippen molar-refractivity contribution in [3.05, 3.63) is 53.6 Å². The zero-order valence-corrected chi connectivity index (χ0v) is 13.1. The standard InChI is InChI=1S/C15H16N2O5S/c1-22-13-4-2-3-12(18)14(13)15(19)17-9-10-5-7-11(8-6-10)23(16,20)21/h2-8,18H,9H2,1H3,(H,17,19)(H2,16,20,21). The van der Waals surface area contributed by atoms with Crippen molar-refractivity contribution >= 4 is 15.9 Å². The highest BCUT2D eigenvalue weighted by molar-refractivity contribution is 7.89. The van der Waals surface area contributed by atoms with Gasteiger partial charge in [0, 0.05) is 6.54 Å². The molecule has 1 amide bonds. The molecule has 0 heterocycles. The minimum absolute atomic E-state index is 0.00468. The molecule has 0 aliphatic rings. The summed E-state index contributed by atoms with van der Waals surface area (Å²) < 4.78 is 27.4. The number of carbonyl (C=O) groups is 1. The Kier molecular flexibility index (Phi) is 4.87. The molecule has 0 aliphatic heterocycles. The summed E-state index contributed by atoms with van der Waals surface area (Å²) in [7, 11) is -2.35. The number of phenols is 1. The molecule has 0 saturated carbocycles. The summed E-state index contributed by atoms with van der Waals surface area (Å²) in [6.07, 6.45) is 0. The Morgan fingerprint density at radius 2 is 1.87 bits per heavy atom. The minimum Gasteiger partial charge on any atom is -0.507 e. The quantitative estimate of drug-likeness (QED) is 0.752. The van der Waals surface area contributed by atoms with Crippen LogP contribution in [0, 0.1) is 0 Å². The summed E-state index contributed by atoms with van der Waals surface area (Å²) in [6.45, 7) is 0.154. The van der Waals surface area contributed by atoms with Crippen LogP contribution in [0.15, 0.2) is 47.4 Å². The molecule has 4 N–H and O–H groups in total. The molecule has 0 bridgehead atoms. The number of phenolic OH excluding ortho intramolecular Hbond substituents is 1. The smallest absolute Gasteiger partial charge is 0.259 e. The lowest BCUT2D eigenvalue weighted by atomic mass is 10.1. The number of primary sulfonamides is 1. The molecule has 7 nitrogen and oxygen atoms in total. The van der Waals surface area contributed by atoms with Gasteiger partial charge >= 0.3 is 0 Å². The fourth-order valence-corrected chi connectivity index (χ4v) is 2.50. The second-order valence-corrected chi connectivity index (χ2v) is 6.29. The number of amides is 1. The van der Waals surface area contributed by atoms with E-state index in [0.29, 0.717) is 5.56 Å². The summed E-state index contributed by atoms with van der Waals surface area (Å²) in [5.41, 5.74) is 0.719. The maximum absolute atomic E-state index is 12.2. The van der Waals surface area contributed by atoms with E-state index in [9.17, 15) is 18.3 Å². The molecular formula is C15H16N2O5S. The van der Waals surface area contributed by atoms with Crippen LogP contribution in [0.2, 0.25) is 0 Å². The van der Waals surface area contributed by atoms with Gasteiger partial charge in [0.25, 0.3) is 5.91 Å². The summed E-state index contributed by atoms with van der Waals surface area (Å²) in [5, 5.41) is 17.4. The summed E-state index contributed by atoms with van der Waals surface area (Å²) in [4.78, 5) is 12.2. The third kappa shape index (κ3) is 3.99. The number of nitrogens with one attached hydrogen (secondary N) is 1. The highest BCUT2D eigenvalue weighted by Gasteiger charge is 2.16. The van der Waals surface area contributed by atoms with Crippen molar-refractivity contribution in [1.82, 2.24) is 5.32 Å². The number of nitrogens with two attached hydrogens (primary N) is 1. The molecule has 0 aliphatic carbocycles. The van der Waals surface area contributed by atoms with Crippen LogP contribution in [-0.2, 0) is 16.6 Å². The lowest BCUT2D eigenvalue weighted by Gasteiger charge is -2.11. The van der Waals surface area contributed by atoms with Gasteiger partial charge in [-0.15, -0.1) is 0 Å². The second kappa shape index (κ2) is 6.67. The SMILES string of the molecule is COc1cccc(O)c1C(=O)NCc1ccc(S(N)(=O)=O)cc1. The van der Waals surface area contributed by atoms with Gasteiger partial charge in [-0.3, -0.25) is 4.79 Å². The number of aromatic hydroxyl groups is 1. The topological polar surface area (TPSA) is 119 Å². The van der Waals surface area contributed by atoms with Crippen molar-refractivity contribution in [2.45, 2.75) is 11.4 Å². The summed E-state index contributed by atoms with van der Waals surface area (Å²) in [5.74, 6) is -0.436. The van der Waals surface area contributed by atoms with Crippen molar-refractivity contribution in [3.63, 3.8) is 0 Å². The molecule has 2 aromatic carbocycles. The molecule has 23 heavy (non-hydrogen) atoms. The Bertz CT molecular complexity index is 816. The van der Waals surface area contributed by atoms with Crippen molar-refractivity contribution in [3.8, 4) is 11.5 Å². The molecule has 0 saturated heterocycles. The first-order valence-electron chi connectivity index (χ1n) is 6.59. The Labute approximate surface area is 133 Å². The van der Waals surface area contributed by atoms with Crippen LogP contribution in [-0.4, -0.2) is 26.5 Å². The third-order valence-electron chi connectivity index (χ3n) is 3.16. The first-order chi connectivity index (χ1) is 10.8.